The molecular weight excluding hydrogens is 408 g/mol. The molecule has 0 saturated carbocycles. The molecular formula is C25H36N2O5. The minimum absolute atomic E-state index is 0.0261. The van der Waals surface area contributed by atoms with E-state index in [1.807, 2.05) is 37.8 Å². The summed E-state index contributed by atoms with van der Waals surface area (Å²) in [7, 11) is 1.38. The van der Waals surface area contributed by atoms with E-state index in [2.05, 4.69) is 13.8 Å². The van der Waals surface area contributed by atoms with E-state index in [-0.39, 0.29) is 35.8 Å². The second-order valence-electron chi connectivity index (χ2n) is 10.1. The van der Waals surface area contributed by atoms with Crippen LogP contribution in [0.1, 0.15) is 75.0 Å². The predicted molar refractivity (Wildman–Crippen MR) is 121 cm³/mol. The number of carbonyl (C=O) groups is 3. The van der Waals surface area contributed by atoms with Gasteiger partial charge in [0.25, 0.3) is 0 Å². The van der Waals surface area contributed by atoms with Crippen molar-refractivity contribution in [3.8, 4) is 0 Å². The predicted octanol–water partition coefficient (Wildman–Crippen LogP) is 4.20. The molecule has 1 fully saturated rings. The molecule has 32 heavy (non-hydrogen) atoms. The number of nitrogens with zero attached hydrogens (tertiary/aromatic N) is 2. The third kappa shape index (κ3) is 5.25. The normalized spacial score (nSPS) is 19.5. The first-order chi connectivity index (χ1) is 15.0. The molecule has 0 spiro atoms. The van der Waals surface area contributed by atoms with Crippen LogP contribution in [0.3, 0.4) is 0 Å². The van der Waals surface area contributed by atoms with Crippen molar-refractivity contribution in [1.29, 1.82) is 0 Å². The van der Waals surface area contributed by atoms with Crippen LogP contribution in [0, 0.1) is 11.8 Å². The van der Waals surface area contributed by atoms with Gasteiger partial charge in [0.15, 0.2) is 0 Å². The number of methoxy groups -OCH3 is 1. The summed E-state index contributed by atoms with van der Waals surface area (Å²) in [6, 6.07) is 5.63. The summed E-state index contributed by atoms with van der Waals surface area (Å²) in [5.74, 6) is -0.0333. The van der Waals surface area contributed by atoms with Gasteiger partial charge in [-0.2, -0.15) is 0 Å². The lowest BCUT2D eigenvalue weighted by Gasteiger charge is -2.42. The maximum absolute atomic E-state index is 13.5. The molecule has 0 aliphatic carbocycles. The van der Waals surface area contributed by atoms with Crippen molar-refractivity contribution in [2.24, 2.45) is 11.8 Å². The molecule has 1 saturated heterocycles. The van der Waals surface area contributed by atoms with Gasteiger partial charge in [-0.05, 0) is 69.2 Å². The van der Waals surface area contributed by atoms with Crippen LogP contribution in [-0.2, 0) is 20.7 Å². The number of benzene rings is 1. The van der Waals surface area contributed by atoms with Gasteiger partial charge >= 0.3 is 12.1 Å². The fourth-order valence-corrected chi connectivity index (χ4v) is 4.74. The molecule has 1 atom stereocenters. The first-order valence-electron chi connectivity index (χ1n) is 11.5. The Morgan fingerprint density at radius 1 is 1.06 bits per heavy atom. The minimum atomic E-state index is -0.525. The van der Waals surface area contributed by atoms with E-state index in [0.29, 0.717) is 44.5 Å². The molecule has 1 unspecified atom stereocenters. The maximum Gasteiger partial charge on any atom is 0.410 e. The Labute approximate surface area is 191 Å². The molecule has 2 aliphatic heterocycles. The molecule has 0 radical (unpaired) electrons. The van der Waals surface area contributed by atoms with Gasteiger partial charge in [0.2, 0.25) is 5.91 Å². The number of rotatable bonds is 3. The number of fused-ring (bicyclic) bond motifs is 1. The van der Waals surface area contributed by atoms with Gasteiger partial charge in [-0.25, -0.2) is 9.59 Å². The minimum Gasteiger partial charge on any atom is -0.465 e. The van der Waals surface area contributed by atoms with E-state index in [1.165, 1.54) is 7.11 Å². The summed E-state index contributed by atoms with van der Waals surface area (Å²) in [4.78, 5) is 41.5. The summed E-state index contributed by atoms with van der Waals surface area (Å²) in [6.07, 6.45) is 1.70. The number of ether oxygens (including phenoxy) is 2. The van der Waals surface area contributed by atoms with Gasteiger partial charge < -0.3 is 19.3 Å². The molecule has 176 valence electrons. The van der Waals surface area contributed by atoms with E-state index < -0.39 is 5.60 Å². The van der Waals surface area contributed by atoms with Crippen molar-refractivity contribution in [1.82, 2.24) is 9.80 Å². The van der Waals surface area contributed by atoms with Gasteiger partial charge in [-0.1, -0.05) is 19.9 Å². The molecule has 2 amide bonds. The highest BCUT2D eigenvalue weighted by Gasteiger charge is 2.38. The first kappa shape index (κ1) is 24.1. The van der Waals surface area contributed by atoms with Crippen LogP contribution in [0.25, 0.3) is 0 Å². The third-order valence-corrected chi connectivity index (χ3v) is 6.25. The van der Waals surface area contributed by atoms with Crippen molar-refractivity contribution >= 4 is 18.0 Å². The van der Waals surface area contributed by atoms with Crippen molar-refractivity contribution in [2.45, 2.75) is 65.5 Å². The SMILES string of the molecule is COC(=O)c1ccc2c(c1)CCN(C(=O)C1CCN(C(=O)OC(C)(C)C)CC1)C2C(C)C. The van der Waals surface area contributed by atoms with Gasteiger partial charge in [-0.15, -0.1) is 0 Å². The van der Waals surface area contributed by atoms with Crippen LogP contribution in [0.2, 0.25) is 0 Å². The molecule has 1 aromatic carbocycles. The summed E-state index contributed by atoms with van der Waals surface area (Å²) in [6.45, 7) is 11.5. The Morgan fingerprint density at radius 3 is 2.28 bits per heavy atom. The molecule has 7 heteroatoms. The first-order valence-corrected chi connectivity index (χ1v) is 11.5. The van der Waals surface area contributed by atoms with Gasteiger partial charge in [0.1, 0.15) is 5.60 Å². The van der Waals surface area contributed by atoms with Gasteiger partial charge in [0, 0.05) is 25.6 Å². The number of likely N-dealkylation sites (tertiary alicyclic amines) is 1. The van der Waals surface area contributed by atoms with E-state index in [0.717, 1.165) is 11.1 Å². The smallest absolute Gasteiger partial charge is 0.410 e. The van der Waals surface area contributed by atoms with Crippen LogP contribution in [0.5, 0.6) is 0 Å². The number of hydrogen-bond donors (Lipinski definition) is 0. The number of piperidine rings is 1. The van der Waals surface area contributed by atoms with Crippen molar-refractivity contribution in [2.75, 3.05) is 26.7 Å². The number of carbonyl (C=O) groups excluding carboxylic acids is 3. The van der Waals surface area contributed by atoms with Crippen molar-refractivity contribution < 1.29 is 23.9 Å². The van der Waals surface area contributed by atoms with Crippen LogP contribution in [0.15, 0.2) is 18.2 Å². The highest BCUT2D eigenvalue weighted by Crippen LogP contribution is 2.37. The maximum atomic E-state index is 13.5. The van der Waals surface area contributed by atoms with Crippen LogP contribution < -0.4 is 0 Å². The number of amides is 2. The summed E-state index contributed by atoms with van der Waals surface area (Å²) in [5, 5.41) is 0. The molecule has 2 aliphatic rings. The molecule has 0 N–H and O–H groups in total. The zero-order chi connectivity index (χ0) is 23.6. The Morgan fingerprint density at radius 2 is 1.72 bits per heavy atom. The lowest BCUT2D eigenvalue weighted by atomic mass is 9.83. The highest BCUT2D eigenvalue weighted by atomic mass is 16.6. The van der Waals surface area contributed by atoms with Crippen LogP contribution >= 0.6 is 0 Å². The lowest BCUT2D eigenvalue weighted by Crippen LogP contribution is -2.49. The van der Waals surface area contributed by atoms with E-state index >= 15 is 0 Å². The van der Waals surface area contributed by atoms with E-state index in [4.69, 9.17) is 9.47 Å². The Balaban J connectivity index is 1.71. The number of esters is 1. The van der Waals surface area contributed by atoms with Gasteiger partial charge in [0.05, 0.1) is 18.7 Å². The zero-order valence-corrected chi connectivity index (χ0v) is 20.1. The van der Waals surface area contributed by atoms with Crippen LogP contribution in [0.4, 0.5) is 4.79 Å². The fraction of sp³-hybridized carbons (Fsp3) is 0.640. The summed E-state index contributed by atoms with van der Waals surface area (Å²) >= 11 is 0. The third-order valence-electron chi connectivity index (χ3n) is 6.25. The Bertz CT molecular complexity index is 866. The Kier molecular flexibility index (Phi) is 7.16. The average molecular weight is 445 g/mol. The quantitative estimate of drug-likeness (QED) is 0.653. The zero-order valence-electron chi connectivity index (χ0n) is 20.1. The van der Waals surface area contributed by atoms with Crippen molar-refractivity contribution in [3.05, 3.63) is 34.9 Å². The Hall–Kier alpha value is -2.57. The second kappa shape index (κ2) is 9.51. The second-order valence-corrected chi connectivity index (χ2v) is 10.1. The standard InChI is InChI=1S/C25H36N2O5/c1-16(2)21-20-8-7-19(23(29)31-6)15-18(20)11-14-27(21)22(28)17-9-12-26(13-10-17)24(30)32-25(3,4)5/h7-8,15-17,21H,9-14H2,1-6H3. The van der Waals surface area contributed by atoms with E-state index in [9.17, 15) is 14.4 Å². The molecule has 7 nitrogen and oxygen atoms in total. The molecule has 0 aromatic heterocycles. The number of hydrogen-bond acceptors (Lipinski definition) is 5. The lowest BCUT2D eigenvalue weighted by molar-refractivity contribution is -0.141. The summed E-state index contributed by atoms with van der Waals surface area (Å²) in [5.41, 5.74) is 2.24. The molecule has 3 rings (SSSR count). The average Bonchev–Trinajstić information content (AvgIpc) is 2.75. The van der Waals surface area contributed by atoms with E-state index in [1.54, 1.807) is 11.0 Å². The molecule has 0 bridgehead atoms. The molecule has 1 aromatic rings. The monoisotopic (exact) mass is 444 g/mol. The summed E-state index contributed by atoms with van der Waals surface area (Å²) < 4.78 is 10.3. The van der Waals surface area contributed by atoms with Crippen LogP contribution in [-0.4, -0.2) is 60.1 Å². The van der Waals surface area contributed by atoms with Gasteiger partial charge in [-0.3, -0.25) is 4.79 Å². The molecule has 2 heterocycles. The van der Waals surface area contributed by atoms with Crippen molar-refractivity contribution in [3.63, 3.8) is 0 Å². The highest BCUT2D eigenvalue weighted by molar-refractivity contribution is 5.89. The fourth-order valence-electron chi connectivity index (χ4n) is 4.74. The largest absolute Gasteiger partial charge is 0.465 e. The topological polar surface area (TPSA) is 76.2 Å².